The van der Waals surface area contributed by atoms with E-state index in [0.29, 0.717) is 10.5 Å². The highest BCUT2D eigenvalue weighted by atomic mass is 16.6. The third-order valence-corrected chi connectivity index (χ3v) is 9.28. The molecule has 0 aliphatic heterocycles. The second-order valence-electron chi connectivity index (χ2n) is 15.3. The van der Waals surface area contributed by atoms with Gasteiger partial charge in [-0.3, -0.25) is 4.68 Å². The zero-order valence-corrected chi connectivity index (χ0v) is 27.5. The van der Waals surface area contributed by atoms with E-state index in [1.807, 2.05) is 6.92 Å². The number of fused-ring (bicyclic) bond motifs is 1. The number of anilines is 1. The van der Waals surface area contributed by atoms with Crippen LogP contribution in [-0.2, 0) is 20.8 Å². The Morgan fingerprint density at radius 2 is 1.49 bits per heavy atom. The Morgan fingerprint density at radius 3 is 2.00 bits per heavy atom. The molecule has 3 aromatic rings. The lowest BCUT2D eigenvalue weighted by Crippen LogP contribution is -2.48. The van der Waals surface area contributed by atoms with Crippen LogP contribution in [0.15, 0.2) is 18.5 Å². The van der Waals surface area contributed by atoms with Crippen molar-refractivity contribution in [1.82, 2.24) is 24.4 Å². The normalized spacial score (nSPS) is 24.1. The van der Waals surface area contributed by atoms with Gasteiger partial charge in [-0.1, -0.05) is 0 Å². The number of hydrogen-bond donors (Lipinski definition) is 0. The molecule has 0 atom stereocenters. The van der Waals surface area contributed by atoms with Crippen LogP contribution < -0.4 is 4.90 Å². The van der Waals surface area contributed by atoms with Crippen molar-refractivity contribution in [3.8, 4) is 11.1 Å². The molecule has 4 aliphatic rings. The van der Waals surface area contributed by atoms with Gasteiger partial charge >= 0.3 is 18.2 Å². The summed E-state index contributed by atoms with van der Waals surface area (Å²) in [6, 6.07) is 1.75. The first-order chi connectivity index (χ1) is 21.0. The molecule has 3 aromatic heterocycles. The standard InChI is InChI=1S/C33H44N6O6/c1-19-24(17-34-38(19)18-33-14-20-11-21(15-33)13-22(12-20)16-33)23-9-10-37-26(25(23)27(40)43-8)35-28(36-37)39(29(41)44-31(2,3)4)30(42)45-32(5,6)7/h9-10,17,20-22H,11-16,18H2,1-8H3. The first-order valence-corrected chi connectivity index (χ1v) is 15.8. The molecule has 0 radical (unpaired) electrons. The Hall–Kier alpha value is -3.96. The largest absolute Gasteiger partial charge is 0.465 e. The van der Waals surface area contributed by atoms with Crippen molar-refractivity contribution >= 4 is 29.8 Å². The third kappa shape index (κ3) is 6.03. The molecule has 4 saturated carbocycles. The second-order valence-corrected chi connectivity index (χ2v) is 15.3. The average molecular weight is 621 g/mol. The van der Waals surface area contributed by atoms with Gasteiger partial charge in [-0.25, -0.2) is 18.9 Å². The van der Waals surface area contributed by atoms with Gasteiger partial charge in [-0.2, -0.15) is 10.1 Å². The van der Waals surface area contributed by atoms with Gasteiger partial charge in [0.2, 0.25) is 0 Å². The number of nitrogens with zero attached hydrogens (tertiary/aromatic N) is 6. The first-order valence-electron chi connectivity index (χ1n) is 15.8. The maximum atomic E-state index is 13.3. The molecule has 3 heterocycles. The van der Waals surface area contributed by atoms with E-state index in [9.17, 15) is 14.4 Å². The molecule has 0 spiro atoms. The number of methoxy groups -OCH3 is 1. The second kappa shape index (κ2) is 10.8. The fraction of sp³-hybridized carbons (Fsp3) is 0.636. The summed E-state index contributed by atoms with van der Waals surface area (Å²) in [4.78, 5) is 45.0. The molecule has 12 nitrogen and oxygen atoms in total. The van der Waals surface area contributed by atoms with E-state index in [1.165, 1.54) is 50.2 Å². The van der Waals surface area contributed by atoms with E-state index < -0.39 is 29.4 Å². The summed E-state index contributed by atoms with van der Waals surface area (Å²) in [6.07, 6.45) is 9.35. The van der Waals surface area contributed by atoms with Crippen LogP contribution in [-0.4, -0.2) is 60.8 Å². The van der Waals surface area contributed by atoms with Crippen molar-refractivity contribution in [1.29, 1.82) is 0 Å². The van der Waals surface area contributed by atoms with Crippen LogP contribution in [0.3, 0.4) is 0 Å². The van der Waals surface area contributed by atoms with Crippen LogP contribution in [0.4, 0.5) is 15.5 Å². The Kier molecular flexibility index (Phi) is 7.48. The molecule has 0 unspecified atom stereocenters. The predicted molar refractivity (Wildman–Crippen MR) is 166 cm³/mol. The molecule has 242 valence electrons. The maximum absolute atomic E-state index is 13.3. The quantitative estimate of drug-likeness (QED) is 0.229. The van der Waals surface area contributed by atoms with Gasteiger partial charge in [0.1, 0.15) is 16.8 Å². The highest BCUT2D eigenvalue weighted by Crippen LogP contribution is 2.60. The number of imide groups is 1. The molecular weight excluding hydrogens is 576 g/mol. The zero-order valence-electron chi connectivity index (χ0n) is 27.5. The van der Waals surface area contributed by atoms with E-state index in [1.54, 1.807) is 60.0 Å². The first kappa shape index (κ1) is 31.0. The summed E-state index contributed by atoms with van der Waals surface area (Å²) in [7, 11) is 1.30. The predicted octanol–water partition coefficient (Wildman–Crippen LogP) is 6.58. The lowest BCUT2D eigenvalue weighted by molar-refractivity contribution is -0.0638. The van der Waals surface area contributed by atoms with Gasteiger partial charge in [-0.05, 0) is 116 Å². The molecular formula is C33H44N6O6. The number of carbonyl (C=O) groups is 3. The minimum atomic E-state index is -1.01. The SMILES string of the molecule is COC(=O)c1c(-c2cnn(CC34CC5CC(CC(C5)C3)C4)c2C)ccn2nc(N(C(=O)OC(C)(C)C)C(=O)OC(C)(C)C)nc12. The highest BCUT2D eigenvalue weighted by Gasteiger charge is 2.51. The summed E-state index contributed by atoms with van der Waals surface area (Å²) in [5.41, 5.74) is 1.02. The van der Waals surface area contributed by atoms with Crippen LogP contribution in [0.1, 0.15) is 96.1 Å². The lowest BCUT2D eigenvalue weighted by Gasteiger charge is -2.56. The number of ether oxygens (including phenoxy) is 3. The van der Waals surface area contributed by atoms with Crippen molar-refractivity contribution in [3.05, 3.63) is 29.7 Å². The van der Waals surface area contributed by atoms with Gasteiger partial charge in [-0.15, -0.1) is 10.00 Å². The van der Waals surface area contributed by atoms with Crippen molar-refractivity contribution in [2.75, 3.05) is 12.0 Å². The van der Waals surface area contributed by atoms with Crippen LogP contribution in [0.2, 0.25) is 0 Å². The summed E-state index contributed by atoms with van der Waals surface area (Å²) in [5, 5.41) is 9.19. The van der Waals surface area contributed by atoms with Gasteiger partial charge in [0.25, 0.3) is 5.95 Å². The topological polar surface area (TPSA) is 130 Å². The van der Waals surface area contributed by atoms with Crippen molar-refractivity contribution in [2.45, 2.75) is 105 Å². The molecule has 4 aliphatic carbocycles. The van der Waals surface area contributed by atoms with E-state index in [-0.39, 0.29) is 22.6 Å². The Bertz CT molecular complexity index is 1590. The minimum Gasteiger partial charge on any atom is -0.465 e. The van der Waals surface area contributed by atoms with E-state index >= 15 is 0 Å². The van der Waals surface area contributed by atoms with Gasteiger partial charge in [0.15, 0.2) is 5.65 Å². The minimum absolute atomic E-state index is 0.111. The number of pyridine rings is 1. The van der Waals surface area contributed by atoms with Gasteiger partial charge < -0.3 is 14.2 Å². The Morgan fingerprint density at radius 1 is 0.933 bits per heavy atom. The summed E-state index contributed by atoms with van der Waals surface area (Å²) >= 11 is 0. The summed E-state index contributed by atoms with van der Waals surface area (Å²) < 4.78 is 19.6. The van der Waals surface area contributed by atoms with Gasteiger partial charge in [0.05, 0.1) is 13.3 Å². The number of aromatic nitrogens is 5. The number of esters is 1. The monoisotopic (exact) mass is 620 g/mol. The van der Waals surface area contributed by atoms with E-state index in [0.717, 1.165) is 35.6 Å². The molecule has 4 fully saturated rings. The van der Waals surface area contributed by atoms with Crippen molar-refractivity contribution < 1.29 is 28.6 Å². The fourth-order valence-corrected chi connectivity index (χ4v) is 8.08. The molecule has 0 aromatic carbocycles. The third-order valence-electron chi connectivity index (χ3n) is 9.28. The zero-order chi connectivity index (χ0) is 32.5. The fourth-order valence-electron chi connectivity index (χ4n) is 8.08. The maximum Gasteiger partial charge on any atom is 0.427 e. The van der Waals surface area contributed by atoms with Crippen LogP contribution in [0, 0.1) is 30.1 Å². The van der Waals surface area contributed by atoms with Crippen LogP contribution in [0.5, 0.6) is 0 Å². The molecule has 45 heavy (non-hydrogen) atoms. The van der Waals surface area contributed by atoms with Crippen molar-refractivity contribution in [2.24, 2.45) is 23.2 Å². The summed E-state index contributed by atoms with van der Waals surface area (Å²) in [5.74, 6) is 1.58. The van der Waals surface area contributed by atoms with E-state index in [2.05, 4.69) is 14.8 Å². The molecule has 7 rings (SSSR count). The molecule has 12 heteroatoms. The molecule has 0 saturated heterocycles. The number of hydrogen-bond acceptors (Lipinski definition) is 9. The van der Waals surface area contributed by atoms with Crippen LogP contribution in [0.25, 0.3) is 16.8 Å². The summed E-state index contributed by atoms with van der Waals surface area (Å²) in [6.45, 7) is 13.0. The van der Waals surface area contributed by atoms with E-state index in [4.69, 9.17) is 19.3 Å². The lowest BCUT2D eigenvalue weighted by atomic mass is 9.49. The smallest absolute Gasteiger partial charge is 0.427 e. The van der Waals surface area contributed by atoms with Gasteiger partial charge in [0, 0.05) is 29.6 Å². The highest BCUT2D eigenvalue weighted by molar-refractivity contribution is 6.09. The Labute approximate surface area is 263 Å². The van der Waals surface area contributed by atoms with Crippen molar-refractivity contribution in [3.63, 3.8) is 0 Å². The molecule has 0 N–H and O–H groups in total. The number of carbonyl (C=O) groups excluding carboxylic acids is 3. The molecule has 2 amide bonds. The number of rotatable bonds is 5. The van der Waals surface area contributed by atoms with Crippen LogP contribution >= 0.6 is 0 Å². The Balaban J connectivity index is 1.39. The average Bonchev–Trinajstić information content (AvgIpc) is 3.47. The molecule has 4 bridgehead atoms. The number of amides is 2.